The largest absolute Gasteiger partial charge is 0.573 e. The molecule has 0 atom stereocenters. The van der Waals surface area contributed by atoms with Gasteiger partial charge in [-0.25, -0.2) is 9.78 Å². The number of aryl methyl sites for hydroxylation is 1. The van der Waals surface area contributed by atoms with E-state index in [9.17, 15) is 22.8 Å². The Labute approximate surface area is 162 Å². The first kappa shape index (κ1) is 20.2. The fourth-order valence-electron chi connectivity index (χ4n) is 2.85. The topological polar surface area (TPSA) is 86.2 Å². The van der Waals surface area contributed by atoms with Crippen LogP contribution in [0.5, 0.6) is 17.4 Å². The SMILES string of the molecule is Cc1cc(Oc2ncccc2OC(F)(F)F)ccc1-c1c(C)c(=O)[nH]c(=O)n1C. The predicted molar refractivity (Wildman–Crippen MR) is 98.2 cm³/mol. The van der Waals surface area contributed by atoms with Gasteiger partial charge >= 0.3 is 12.1 Å². The molecule has 2 heterocycles. The molecule has 2 aromatic heterocycles. The molecule has 10 heteroatoms. The number of hydrogen-bond acceptors (Lipinski definition) is 5. The summed E-state index contributed by atoms with van der Waals surface area (Å²) in [5, 5.41) is 0. The monoisotopic (exact) mass is 407 g/mol. The highest BCUT2D eigenvalue weighted by Gasteiger charge is 2.33. The third-order valence-corrected chi connectivity index (χ3v) is 4.19. The van der Waals surface area contributed by atoms with E-state index in [1.807, 2.05) is 0 Å². The lowest BCUT2D eigenvalue weighted by molar-refractivity contribution is -0.275. The van der Waals surface area contributed by atoms with Crippen molar-refractivity contribution in [2.24, 2.45) is 7.05 Å². The van der Waals surface area contributed by atoms with Crippen molar-refractivity contribution >= 4 is 0 Å². The second-order valence-corrected chi connectivity index (χ2v) is 6.23. The smallest absolute Gasteiger partial charge is 0.436 e. The van der Waals surface area contributed by atoms with Gasteiger partial charge < -0.3 is 9.47 Å². The normalized spacial score (nSPS) is 11.4. The molecule has 3 aromatic rings. The average Bonchev–Trinajstić information content (AvgIpc) is 2.62. The van der Waals surface area contributed by atoms with Gasteiger partial charge in [0, 0.05) is 24.4 Å². The summed E-state index contributed by atoms with van der Waals surface area (Å²) in [7, 11) is 1.53. The minimum absolute atomic E-state index is 0.212. The molecule has 0 aliphatic carbocycles. The van der Waals surface area contributed by atoms with E-state index in [4.69, 9.17) is 4.74 Å². The molecule has 7 nitrogen and oxygen atoms in total. The van der Waals surface area contributed by atoms with Crippen LogP contribution in [0.2, 0.25) is 0 Å². The van der Waals surface area contributed by atoms with E-state index in [1.165, 1.54) is 29.9 Å². The first-order chi connectivity index (χ1) is 13.6. The van der Waals surface area contributed by atoms with Crippen molar-refractivity contribution in [1.29, 1.82) is 0 Å². The van der Waals surface area contributed by atoms with Gasteiger partial charge in [0.25, 0.3) is 11.4 Å². The maximum Gasteiger partial charge on any atom is 0.573 e. The maximum atomic E-state index is 12.5. The summed E-state index contributed by atoms with van der Waals surface area (Å²) in [4.78, 5) is 29.9. The number of hydrogen-bond donors (Lipinski definition) is 1. The van der Waals surface area contributed by atoms with E-state index in [-0.39, 0.29) is 11.6 Å². The van der Waals surface area contributed by atoms with E-state index in [0.717, 1.165) is 6.07 Å². The van der Waals surface area contributed by atoms with Crippen LogP contribution in [-0.2, 0) is 7.05 Å². The predicted octanol–water partition coefficient (Wildman–Crippen LogP) is 3.44. The fraction of sp³-hybridized carbons (Fsp3) is 0.211. The highest BCUT2D eigenvalue weighted by molar-refractivity contribution is 5.67. The van der Waals surface area contributed by atoms with Gasteiger partial charge in [0.05, 0.1) is 5.69 Å². The molecular formula is C19H16F3N3O4. The zero-order valence-corrected chi connectivity index (χ0v) is 15.6. The van der Waals surface area contributed by atoms with Gasteiger partial charge in [-0.15, -0.1) is 13.2 Å². The summed E-state index contributed by atoms with van der Waals surface area (Å²) in [5.41, 5.74) is 0.980. The number of rotatable bonds is 4. The van der Waals surface area contributed by atoms with Gasteiger partial charge in [0.1, 0.15) is 5.75 Å². The minimum Gasteiger partial charge on any atom is -0.436 e. The van der Waals surface area contributed by atoms with Gasteiger partial charge in [0.2, 0.25) is 0 Å². The second-order valence-electron chi connectivity index (χ2n) is 6.23. The Kier molecular flexibility index (Phi) is 5.19. The molecule has 0 aliphatic rings. The molecule has 0 fully saturated rings. The van der Waals surface area contributed by atoms with Crippen LogP contribution in [0.4, 0.5) is 13.2 Å². The number of aromatic amines is 1. The number of aromatic nitrogens is 3. The highest BCUT2D eigenvalue weighted by Crippen LogP contribution is 2.34. The number of nitrogens with zero attached hydrogens (tertiary/aromatic N) is 2. The molecule has 29 heavy (non-hydrogen) atoms. The van der Waals surface area contributed by atoms with Crippen LogP contribution in [-0.4, -0.2) is 20.9 Å². The Balaban J connectivity index is 1.99. The Morgan fingerprint density at radius 2 is 1.86 bits per heavy atom. The second kappa shape index (κ2) is 7.46. The first-order valence-corrected chi connectivity index (χ1v) is 8.36. The zero-order chi connectivity index (χ0) is 21.3. The number of ether oxygens (including phenoxy) is 2. The number of halogens is 3. The molecule has 1 N–H and O–H groups in total. The molecule has 0 saturated heterocycles. The van der Waals surface area contributed by atoms with Crippen LogP contribution in [0.25, 0.3) is 11.3 Å². The van der Waals surface area contributed by atoms with Gasteiger partial charge in [0.15, 0.2) is 5.75 Å². The van der Waals surface area contributed by atoms with E-state index >= 15 is 0 Å². The van der Waals surface area contributed by atoms with Crippen molar-refractivity contribution in [1.82, 2.24) is 14.5 Å². The van der Waals surface area contributed by atoms with Crippen LogP contribution in [0.1, 0.15) is 11.1 Å². The number of nitrogens with one attached hydrogen (secondary N) is 1. The van der Waals surface area contributed by atoms with Crippen LogP contribution in [0, 0.1) is 13.8 Å². The van der Waals surface area contributed by atoms with Crippen molar-refractivity contribution < 1.29 is 22.6 Å². The molecule has 0 radical (unpaired) electrons. The molecule has 3 rings (SSSR count). The number of benzene rings is 1. The fourth-order valence-corrected chi connectivity index (χ4v) is 2.85. The Morgan fingerprint density at radius 3 is 2.52 bits per heavy atom. The lowest BCUT2D eigenvalue weighted by Crippen LogP contribution is -2.31. The summed E-state index contributed by atoms with van der Waals surface area (Å²) in [6, 6.07) is 7.05. The number of pyridine rings is 1. The Morgan fingerprint density at radius 1 is 1.14 bits per heavy atom. The summed E-state index contributed by atoms with van der Waals surface area (Å²) < 4.78 is 48.3. The van der Waals surface area contributed by atoms with Crippen LogP contribution >= 0.6 is 0 Å². The first-order valence-electron chi connectivity index (χ1n) is 8.36. The summed E-state index contributed by atoms with van der Waals surface area (Å²) in [6.45, 7) is 3.31. The quantitative estimate of drug-likeness (QED) is 0.716. The average molecular weight is 407 g/mol. The standard InChI is InChI=1S/C19H16F3N3O4/c1-10-9-12(28-17-14(5-4-8-23-17)29-19(20,21)22)6-7-13(10)15-11(2)16(26)24-18(27)25(15)3/h4-9H,1-3H3,(H,24,26,27). The Hall–Kier alpha value is -3.56. The molecule has 0 spiro atoms. The third kappa shape index (κ3) is 4.31. The van der Waals surface area contributed by atoms with Gasteiger partial charge in [-0.3, -0.25) is 14.3 Å². The molecule has 152 valence electrons. The Bertz CT molecular complexity index is 1150. The van der Waals surface area contributed by atoms with Gasteiger partial charge in [-0.05, 0) is 49.7 Å². The molecule has 0 aliphatic heterocycles. The van der Waals surface area contributed by atoms with Crippen molar-refractivity contribution in [3.05, 3.63) is 68.5 Å². The van der Waals surface area contributed by atoms with Crippen molar-refractivity contribution in [2.45, 2.75) is 20.2 Å². The van der Waals surface area contributed by atoms with E-state index < -0.39 is 23.4 Å². The molecule has 0 bridgehead atoms. The van der Waals surface area contributed by atoms with E-state index in [2.05, 4.69) is 14.7 Å². The lowest BCUT2D eigenvalue weighted by atomic mass is 10.0. The molecule has 1 aromatic carbocycles. The van der Waals surface area contributed by atoms with Crippen molar-refractivity contribution in [2.75, 3.05) is 0 Å². The van der Waals surface area contributed by atoms with E-state index in [1.54, 1.807) is 26.0 Å². The minimum atomic E-state index is -4.89. The summed E-state index contributed by atoms with van der Waals surface area (Å²) in [5.74, 6) is -0.712. The molecule has 0 saturated carbocycles. The van der Waals surface area contributed by atoms with Gasteiger partial charge in [-0.2, -0.15) is 0 Å². The van der Waals surface area contributed by atoms with Crippen LogP contribution in [0.3, 0.4) is 0 Å². The molecule has 0 unspecified atom stereocenters. The zero-order valence-electron chi connectivity index (χ0n) is 15.6. The maximum absolute atomic E-state index is 12.5. The van der Waals surface area contributed by atoms with Crippen molar-refractivity contribution in [3.63, 3.8) is 0 Å². The third-order valence-electron chi connectivity index (χ3n) is 4.19. The van der Waals surface area contributed by atoms with E-state index in [0.29, 0.717) is 22.4 Å². The van der Waals surface area contributed by atoms with Crippen LogP contribution < -0.4 is 20.7 Å². The van der Waals surface area contributed by atoms with Crippen LogP contribution in [0.15, 0.2) is 46.1 Å². The van der Waals surface area contributed by atoms with Gasteiger partial charge in [-0.1, -0.05) is 0 Å². The lowest BCUT2D eigenvalue weighted by Gasteiger charge is -2.15. The number of H-pyrrole nitrogens is 1. The molecule has 0 amide bonds. The molecular weight excluding hydrogens is 391 g/mol. The summed E-state index contributed by atoms with van der Waals surface area (Å²) >= 11 is 0. The highest BCUT2D eigenvalue weighted by atomic mass is 19.4. The van der Waals surface area contributed by atoms with Crippen molar-refractivity contribution in [3.8, 4) is 28.6 Å². The summed E-state index contributed by atoms with van der Waals surface area (Å²) in [6.07, 6.45) is -3.61. The number of alkyl halides is 3.